The number of hydroxylamine groups is 1. The molecule has 7 N–H and O–H groups in total. The van der Waals surface area contributed by atoms with Crippen LogP contribution in [0.15, 0.2) is 30.3 Å². The van der Waals surface area contributed by atoms with E-state index in [0.717, 1.165) is 10.5 Å². The van der Waals surface area contributed by atoms with Crippen molar-refractivity contribution >= 4 is 29.8 Å². The fourth-order valence-corrected chi connectivity index (χ4v) is 7.02. The number of nitrogens with zero attached hydrogens (tertiary/aromatic N) is 1. The third-order valence-corrected chi connectivity index (χ3v) is 8.71. The monoisotopic (exact) mass is 545 g/mol. The number of rotatable bonds is 11. The molecule has 0 aromatic heterocycles. The van der Waals surface area contributed by atoms with Crippen LogP contribution in [0.3, 0.4) is 0 Å². The van der Waals surface area contributed by atoms with Crippen LogP contribution in [0.1, 0.15) is 52.0 Å². The second kappa shape index (κ2) is 12.0. The zero-order chi connectivity index (χ0) is 29.0. The summed E-state index contributed by atoms with van der Waals surface area (Å²) in [6.07, 6.45) is 0.187. The molecule has 2 heterocycles. The van der Waals surface area contributed by atoms with Gasteiger partial charge in [-0.3, -0.25) is 24.9 Å². The van der Waals surface area contributed by atoms with Gasteiger partial charge in [-0.1, -0.05) is 51.1 Å². The third kappa shape index (κ3) is 5.56. The van der Waals surface area contributed by atoms with E-state index in [9.17, 15) is 34.3 Å². The van der Waals surface area contributed by atoms with Crippen molar-refractivity contribution in [3.05, 3.63) is 35.9 Å². The molecule has 2 fully saturated rings. The molecule has 214 valence electrons. The van der Waals surface area contributed by atoms with E-state index in [-0.39, 0.29) is 38.3 Å². The maximum atomic E-state index is 13.5. The van der Waals surface area contributed by atoms with E-state index in [1.165, 1.54) is 0 Å². The Morgan fingerprint density at radius 3 is 2.38 bits per heavy atom. The summed E-state index contributed by atoms with van der Waals surface area (Å²) in [6.45, 7) is 5.19. The summed E-state index contributed by atoms with van der Waals surface area (Å²) in [4.78, 5) is 65.5. The lowest BCUT2D eigenvalue weighted by Gasteiger charge is -2.54. The second-order valence-corrected chi connectivity index (χ2v) is 10.9. The molecule has 0 radical (unpaired) electrons. The number of carboxylic acid groups (broad SMARTS) is 1. The number of benzene rings is 1. The van der Waals surface area contributed by atoms with E-state index in [0.29, 0.717) is 12.8 Å². The van der Waals surface area contributed by atoms with Crippen molar-refractivity contribution in [3.63, 3.8) is 0 Å². The Kier molecular flexibility index (Phi) is 9.21. The summed E-state index contributed by atoms with van der Waals surface area (Å²) in [5, 5.41) is 24.5. The van der Waals surface area contributed by atoms with Crippen LogP contribution in [0.5, 0.6) is 0 Å². The number of carbonyl (C=O) groups is 5. The predicted molar refractivity (Wildman–Crippen MR) is 140 cm³/mol. The van der Waals surface area contributed by atoms with Gasteiger partial charge in [0, 0.05) is 19.0 Å². The Bertz CT molecular complexity index is 1100. The number of imide groups is 1. The van der Waals surface area contributed by atoms with Crippen molar-refractivity contribution in [2.75, 3.05) is 13.1 Å². The van der Waals surface area contributed by atoms with E-state index in [1.54, 1.807) is 12.4 Å². The number of likely N-dealkylation sites (tertiary alicyclic amines) is 1. The van der Waals surface area contributed by atoms with Gasteiger partial charge < -0.3 is 21.1 Å². The molecule has 0 bridgehead atoms. The van der Waals surface area contributed by atoms with Crippen molar-refractivity contribution in [3.8, 4) is 0 Å². The average Bonchev–Trinajstić information content (AvgIpc) is 3.18. The number of nitrogens with two attached hydrogens (primary N) is 1. The molecule has 1 spiro atoms. The molecule has 1 aromatic carbocycles. The number of hydrogen-bond acceptors (Lipinski definition) is 6. The molecule has 6 amide bonds. The number of carbonyl (C=O) groups excluding carboxylic acids is 4. The lowest BCUT2D eigenvalue weighted by Crippen LogP contribution is -2.68. The quantitative estimate of drug-likeness (QED) is 0.139. The van der Waals surface area contributed by atoms with Gasteiger partial charge in [0.2, 0.25) is 11.8 Å². The van der Waals surface area contributed by atoms with Crippen molar-refractivity contribution in [1.29, 1.82) is 0 Å². The van der Waals surface area contributed by atoms with Crippen molar-refractivity contribution < 1.29 is 34.3 Å². The van der Waals surface area contributed by atoms with Crippen LogP contribution in [0.2, 0.25) is 0 Å². The summed E-state index contributed by atoms with van der Waals surface area (Å²) in [5.41, 5.74) is 5.81. The largest absolute Gasteiger partial charge is 0.465 e. The molecular formula is C27H39N5O7. The highest BCUT2D eigenvalue weighted by Gasteiger charge is 2.63. The molecule has 2 aliphatic heterocycles. The van der Waals surface area contributed by atoms with Gasteiger partial charge in [0.1, 0.15) is 5.54 Å². The van der Waals surface area contributed by atoms with E-state index >= 15 is 0 Å². The van der Waals surface area contributed by atoms with Gasteiger partial charge in [-0.25, -0.2) is 15.1 Å². The SMILES string of the molecule is CC[C@@](C(N)=O)(C(C(C)C)C1CN(C(=O)O)CCC12NC(=O)NC2=O)[C@H](CCCc1ccccc1)C(=O)NO. The number of aryl methyl sites for hydroxylation is 1. The minimum atomic E-state index is -1.58. The van der Waals surface area contributed by atoms with Gasteiger partial charge >= 0.3 is 12.1 Å². The fourth-order valence-electron chi connectivity index (χ4n) is 7.02. The summed E-state index contributed by atoms with van der Waals surface area (Å²) < 4.78 is 0. The Labute approximate surface area is 227 Å². The van der Waals surface area contributed by atoms with Crippen LogP contribution in [0, 0.1) is 29.1 Å². The molecule has 2 saturated heterocycles. The highest BCUT2D eigenvalue weighted by Crippen LogP contribution is 2.53. The fraction of sp³-hybridized carbons (Fsp3) is 0.593. The maximum Gasteiger partial charge on any atom is 0.407 e. The number of urea groups is 1. The second-order valence-electron chi connectivity index (χ2n) is 10.9. The van der Waals surface area contributed by atoms with E-state index in [1.807, 2.05) is 44.2 Å². The maximum absolute atomic E-state index is 13.5. The summed E-state index contributed by atoms with van der Waals surface area (Å²) in [7, 11) is 0. The first-order chi connectivity index (χ1) is 18.4. The van der Waals surface area contributed by atoms with Crippen LogP contribution < -0.4 is 21.8 Å². The summed E-state index contributed by atoms with van der Waals surface area (Å²) in [5.74, 6) is -5.33. The zero-order valence-electron chi connectivity index (χ0n) is 22.6. The molecule has 39 heavy (non-hydrogen) atoms. The highest BCUT2D eigenvalue weighted by atomic mass is 16.5. The molecule has 2 aliphatic rings. The molecule has 12 heteroatoms. The molecule has 3 rings (SSSR count). The molecule has 12 nitrogen and oxygen atoms in total. The number of piperidine rings is 1. The first-order valence-electron chi connectivity index (χ1n) is 13.3. The van der Waals surface area contributed by atoms with Crippen LogP contribution in [-0.2, 0) is 20.8 Å². The number of primary amides is 1. The van der Waals surface area contributed by atoms with Crippen LogP contribution in [0.25, 0.3) is 0 Å². The topological polar surface area (TPSA) is 191 Å². The molecule has 3 unspecified atom stereocenters. The van der Waals surface area contributed by atoms with Gasteiger partial charge in [-0.15, -0.1) is 0 Å². The van der Waals surface area contributed by atoms with Crippen LogP contribution in [0.4, 0.5) is 9.59 Å². The standard InChI is InChI=1S/C27H39N5O7/c1-4-26(22(28)34,18(21(33)31-39)12-8-11-17-9-6-5-7-10-17)20(16(2)3)19-15-32(25(37)38)14-13-27(19)23(35)29-24(36)30-27/h5-7,9-10,16,18-20,39H,4,8,11-15H2,1-3H3,(H2,28,34)(H,31,33)(H,37,38)(H2,29,30,35,36)/t18-,19?,20?,26+,27?/m1/s1. The number of hydrogen-bond donors (Lipinski definition) is 6. The van der Waals surface area contributed by atoms with E-state index in [4.69, 9.17) is 5.73 Å². The van der Waals surface area contributed by atoms with Crippen LogP contribution >= 0.6 is 0 Å². The minimum Gasteiger partial charge on any atom is -0.465 e. The lowest BCUT2D eigenvalue weighted by atomic mass is 9.52. The van der Waals surface area contributed by atoms with Gasteiger partial charge in [-0.2, -0.15) is 0 Å². The molecule has 0 aliphatic carbocycles. The number of nitrogens with one attached hydrogen (secondary N) is 3. The minimum absolute atomic E-state index is 0.00231. The normalized spacial score (nSPS) is 24.0. The van der Waals surface area contributed by atoms with E-state index in [2.05, 4.69) is 10.6 Å². The third-order valence-electron chi connectivity index (χ3n) is 8.71. The Morgan fingerprint density at radius 2 is 1.90 bits per heavy atom. The first-order valence-corrected chi connectivity index (χ1v) is 13.3. The highest BCUT2D eigenvalue weighted by molar-refractivity contribution is 6.07. The summed E-state index contributed by atoms with van der Waals surface area (Å²) in [6, 6.07) is 8.90. The van der Waals surface area contributed by atoms with Crippen LogP contribution in [-0.4, -0.2) is 63.7 Å². The van der Waals surface area contributed by atoms with E-state index < -0.39 is 58.6 Å². The van der Waals surface area contributed by atoms with Crippen molar-refractivity contribution in [2.24, 2.45) is 34.8 Å². The Hall–Kier alpha value is -3.67. The van der Waals surface area contributed by atoms with Gasteiger partial charge in [0.05, 0.1) is 11.3 Å². The molecule has 1 aromatic rings. The van der Waals surface area contributed by atoms with Crippen molar-refractivity contribution in [1.82, 2.24) is 21.0 Å². The van der Waals surface area contributed by atoms with Gasteiger partial charge in [0.15, 0.2) is 0 Å². The lowest BCUT2D eigenvalue weighted by molar-refractivity contribution is -0.158. The average molecular weight is 546 g/mol. The van der Waals surface area contributed by atoms with Gasteiger partial charge in [-0.05, 0) is 49.5 Å². The molecule has 5 atom stereocenters. The smallest absolute Gasteiger partial charge is 0.407 e. The Morgan fingerprint density at radius 1 is 1.23 bits per heavy atom. The first kappa shape index (κ1) is 29.9. The Balaban J connectivity index is 2.13. The molecular weight excluding hydrogens is 506 g/mol. The van der Waals surface area contributed by atoms with Crippen molar-refractivity contribution in [2.45, 2.75) is 58.4 Å². The van der Waals surface area contributed by atoms with Gasteiger partial charge in [0.25, 0.3) is 5.91 Å². The number of amides is 6. The zero-order valence-corrected chi connectivity index (χ0v) is 22.6. The predicted octanol–water partition coefficient (Wildman–Crippen LogP) is 1.86. The summed E-state index contributed by atoms with van der Waals surface area (Å²) >= 11 is 0. The molecule has 0 saturated carbocycles.